The van der Waals surface area contributed by atoms with Gasteiger partial charge in [-0.15, -0.1) is 0 Å². The molecule has 26 heavy (non-hydrogen) atoms. The minimum Gasteiger partial charge on any atom is -0.433 e. The lowest BCUT2D eigenvalue weighted by molar-refractivity contribution is 0.0679. The van der Waals surface area contributed by atoms with Crippen molar-refractivity contribution in [3.8, 4) is 6.07 Å². The molecule has 0 spiro atoms. The summed E-state index contributed by atoms with van der Waals surface area (Å²) in [7, 11) is 3.71. The second kappa shape index (κ2) is 8.50. The zero-order chi connectivity index (χ0) is 19.3. The van der Waals surface area contributed by atoms with Crippen LogP contribution in [0, 0.1) is 17.1 Å². The van der Waals surface area contributed by atoms with Crippen LogP contribution in [0.25, 0.3) is 0 Å². The standard InChI is InChI=1S/C19H22FN3O3/c1-12-15(11-21)17(14-7-5-6-8-16(14)20)18(13(2)22-12)26-19(24)25-10-9-23(3)4/h5-8,17,22H,9-10H2,1-4H3. The summed E-state index contributed by atoms with van der Waals surface area (Å²) in [6.07, 6.45) is -0.888. The third-order valence-electron chi connectivity index (χ3n) is 3.99. The van der Waals surface area contributed by atoms with Gasteiger partial charge in [-0.25, -0.2) is 9.18 Å². The molecule has 0 aliphatic carbocycles. The van der Waals surface area contributed by atoms with Gasteiger partial charge in [0.15, 0.2) is 0 Å². The van der Waals surface area contributed by atoms with Crippen LogP contribution in [0.3, 0.4) is 0 Å². The normalized spacial score (nSPS) is 17.0. The Labute approximate surface area is 152 Å². The highest BCUT2D eigenvalue weighted by molar-refractivity contribution is 5.63. The van der Waals surface area contributed by atoms with Crippen molar-refractivity contribution in [3.63, 3.8) is 0 Å². The number of dihydropyridines is 1. The van der Waals surface area contributed by atoms with Crippen LogP contribution in [0.5, 0.6) is 0 Å². The van der Waals surface area contributed by atoms with Crippen molar-refractivity contribution in [1.82, 2.24) is 10.2 Å². The minimum atomic E-state index is -0.888. The lowest BCUT2D eigenvalue weighted by atomic mass is 9.85. The van der Waals surface area contributed by atoms with Gasteiger partial charge in [0.1, 0.15) is 18.2 Å². The molecule has 1 atom stereocenters. The van der Waals surface area contributed by atoms with E-state index < -0.39 is 17.9 Å². The van der Waals surface area contributed by atoms with Gasteiger partial charge in [0, 0.05) is 17.8 Å². The lowest BCUT2D eigenvalue weighted by Crippen LogP contribution is -2.28. The Morgan fingerprint density at radius 3 is 2.62 bits per heavy atom. The molecule has 0 bridgehead atoms. The summed E-state index contributed by atoms with van der Waals surface area (Å²) in [5, 5.41) is 12.6. The molecule has 1 aliphatic rings. The van der Waals surface area contributed by atoms with E-state index in [0.29, 0.717) is 17.9 Å². The molecule has 0 radical (unpaired) electrons. The number of carbonyl (C=O) groups is 1. The Morgan fingerprint density at radius 2 is 2.00 bits per heavy atom. The van der Waals surface area contributed by atoms with E-state index in [1.165, 1.54) is 6.07 Å². The van der Waals surface area contributed by atoms with Crippen molar-refractivity contribution in [2.45, 2.75) is 19.8 Å². The molecular weight excluding hydrogens is 337 g/mol. The number of likely N-dealkylation sites (N-methyl/N-ethyl adjacent to an activating group) is 1. The smallest absolute Gasteiger partial charge is 0.433 e. The molecule has 0 fully saturated rings. The summed E-state index contributed by atoms with van der Waals surface area (Å²) in [5.41, 5.74) is 1.67. The molecule has 0 saturated carbocycles. The predicted molar refractivity (Wildman–Crippen MR) is 94.3 cm³/mol. The molecule has 7 heteroatoms. The summed E-state index contributed by atoms with van der Waals surface area (Å²) >= 11 is 0. The van der Waals surface area contributed by atoms with Crippen molar-refractivity contribution in [2.24, 2.45) is 0 Å². The summed E-state index contributed by atoms with van der Waals surface area (Å²) in [6, 6.07) is 8.21. The number of ether oxygens (including phenoxy) is 2. The van der Waals surface area contributed by atoms with Crippen molar-refractivity contribution in [3.05, 3.63) is 58.4 Å². The number of benzene rings is 1. The second-order valence-corrected chi connectivity index (χ2v) is 6.22. The number of hydrogen-bond acceptors (Lipinski definition) is 6. The molecule has 1 heterocycles. The largest absolute Gasteiger partial charge is 0.513 e. The van der Waals surface area contributed by atoms with E-state index in [2.05, 4.69) is 11.4 Å². The summed E-state index contributed by atoms with van der Waals surface area (Å²) in [5.74, 6) is -1.13. The maximum absolute atomic E-state index is 14.4. The average molecular weight is 359 g/mol. The van der Waals surface area contributed by atoms with E-state index in [0.717, 1.165) is 0 Å². The van der Waals surface area contributed by atoms with Crippen LogP contribution in [0.1, 0.15) is 25.3 Å². The van der Waals surface area contributed by atoms with E-state index in [1.807, 2.05) is 19.0 Å². The molecule has 2 rings (SSSR count). The van der Waals surface area contributed by atoms with E-state index in [4.69, 9.17) is 9.47 Å². The van der Waals surface area contributed by atoms with Gasteiger partial charge in [0.25, 0.3) is 0 Å². The van der Waals surface area contributed by atoms with Crippen LogP contribution < -0.4 is 5.32 Å². The molecular formula is C19H22FN3O3. The monoisotopic (exact) mass is 359 g/mol. The fraction of sp³-hybridized carbons (Fsp3) is 0.368. The van der Waals surface area contributed by atoms with Crippen molar-refractivity contribution >= 4 is 6.16 Å². The number of hydrogen-bond donors (Lipinski definition) is 1. The molecule has 0 aromatic heterocycles. The first-order valence-electron chi connectivity index (χ1n) is 8.17. The quantitative estimate of drug-likeness (QED) is 0.814. The summed E-state index contributed by atoms with van der Waals surface area (Å²) in [4.78, 5) is 13.9. The Bertz CT molecular complexity index is 793. The first kappa shape index (κ1) is 19.5. The van der Waals surface area contributed by atoms with Gasteiger partial charge in [-0.2, -0.15) is 5.26 Å². The van der Waals surface area contributed by atoms with Gasteiger partial charge in [-0.3, -0.25) is 0 Å². The molecule has 1 aromatic rings. The first-order valence-corrected chi connectivity index (χ1v) is 8.17. The number of allylic oxidation sites excluding steroid dienone is 3. The Hall–Kier alpha value is -2.85. The molecule has 0 amide bonds. The molecule has 1 aliphatic heterocycles. The summed E-state index contributed by atoms with van der Waals surface area (Å²) < 4.78 is 24.8. The van der Waals surface area contributed by atoms with Crippen LogP contribution in [-0.2, 0) is 9.47 Å². The topological polar surface area (TPSA) is 74.6 Å². The van der Waals surface area contributed by atoms with E-state index in [-0.39, 0.29) is 23.5 Å². The number of halogens is 1. The number of carbonyl (C=O) groups excluding carboxylic acids is 1. The highest BCUT2D eigenvalue weighted by Gasteiger charge is 2.34. The van der Waals surface area contributed by atoms with E-state index >= 15 is 0 Å². The molecule has 0 saturated heterocycles. The van der Waals surface area contributed by atoms with Gasteiger partial charge in [0.2, 0.25) is 0 Å². The third-order valence-corrected chi connectivity index (χ3v) is 3.99. The molecule has 1 unspecified atom stereocenters. The highest BCUT2D eigenvalue weighted by atomic mass is 19.1. The average Bonchev–Trinajstić information content (AvgIpc) is 2.57. The zero-order valence-corrected chi connectivity index (χ0v) is 15.3. The Balaban J connectivity index is 2.33. The van der Waals surface area contributed by atoms with Crippen LogP contribution in [0.15, 0.2) is 47.0 Å². The number of rotatable bonds is 5. The highest BCUT2D eigenvalue weighted by Crippen LogP contribution is 2.39. The second-order valence-electron chi connectivity index (χ2n) is 6.22. The number of nitrogens with one attached hydrogen (secondary N) is 1. The maximum Gasteiger partial charge on any atom is 0.513 e. The first-order chi connectivity index (χ1) is 12.3. The van der Waals surface area contributed by atoms with Crippen LogP contribution in [-0.4, -0.2) is 38.3 Å². The fourth-order valence-corrected chi connectivity index (χ4v) is 2.69. The van der Waals surface area contributed by atoms with Gasteiger partial charge in [0.05, 0.1) is 23.3 Å². The Kier molecular flexibility index (Phi) is 6.36. The van der Waals surface area contributed by atoms with Gasteiger partial charge >= 0.3 is 6.16 Å². The third kappa shape index (κ3) is 4.41. The SMILES string of the molecule is CC1=C(C#N)C(c2ccccc2F)C(OC(=O)OCCN(C)C)=C(C)N1. The van der Waals surface area contributed by atoms with Crippen molar-refractivity contribution in [2.75, 3.05) is 27.2 Å². The Morgan fingerprint density at radius 1 is 1.31 bits per heavy atom. The molecule has 6 nitrogen and oxygen atoms in total. The van der Waals surface area contributed by atoms with Gasteiger partial charge in [-0.1, -0.05) is 18.2 Å². The van der Waals surface area contributed by atoms with Gasteiger partial charge < -0.3 is 19.7 Å². The van der Waals surface area contributed by atoms with E-state index in [1.54, 1.807) is 32.0 Å². The number of nitrogens with zero attached hydrogens (tertiary/aromatic N) is 2. The predicted octanol–water partition coefficient (Wildman–Crippen LogP) is 3.26. The van der Waals surface area contributed by atoms with Crippen LogP contribution in [0.2, 0.25) is 0 Å². The maximum atomic E-state index is 14.4. The minimum absolute atomic E-state index is 0.159. The lowest BCUT2D eigenvalue weighted by Gasteiger charge is -2.28. The van der Waals surface area contributed by atoms with Crippen LogP contribution >= 0.6 is 0 Å². The van der Waals surface area contributed by atoms with Crippen molar-refractivity contribution < 1.29 is 18.7 Å². The summed E-state index contributed by atoms with van der Waals surface area (Å²) in [6.45, 7) is 4.14. The molecule has 1 N–H and O–H groups in total. The molecule has 1 aromatic carbocycles. The van der Waals surface area contributed by atoms with Crippen molar-refractivity contribution in [1.29, 1.82) is 5.26 Å². The van der Waals surface area contributed by atoms with Crippen LogP contribution in [0.4, 0.5) is 9.18 Å². The van der Waals surface area contributed by atoms with Gasteiger partial charge in [-0.05, 0) is 34.0 Å². The number of nitriles is 1. The van der Waals surface area contributed by atoms with E-state index in [9.17, 15) is 14.4 Å². The zero-order valence-electron chi connectivity index (χ0n) is 15.3. The fourth-order valence-electron chi connectivity index (χ4n) is 2.69. The molecule has 138 valence electrons.